The summed E-state index contributed by atoms with van der Waals surface area (Å²) in [6, 6.07) is 11.9. The fourth-order valence-electron chi connectivity index (χ4n) is 4.29. The minimum Gasteiger partial charge on any atom is -0.299 e. The summed E-state index contributed by atoms with van der Waals surface area (Å²) in [5, 5.41) is 22.4. The smallest absolute Gasteiger partial charge is 0.299 e. The second-order valence-corrected chi connectivity index (χ2v) is 9.15. The molecule has 0 atom stereocenters. The lowest BCUT2D eigenvalue weighted by molar-refractivity contribution is 0.512. The fraction of sp³-hybridized carbons (Fsp3) is 0.320. The quantitative estimate of drug-likeness (QED) is 0.341. The van der Waals surface area contributed by atoms with Crippen LogP contribution in [0.3, 0.4) is 0 Å². The third-order valence-corrected chi connectivity index (χ3v) is 5.89. The Kier molecular flexibility index (Phi) is 6.52. The van der Waals surface area contributed by atoms with Gasteiger partial charge in [-0.3, -0.25) is 14.1 Å². The van der Waals surface area contributed by atoms with E-state index in [0.29, 0.717) is 24.2 Å². The highest BCUT2D eigenvalue weighted by Crippen LogP contribution is 2.24. The van der Waals surface area contributed by atoms with Crippen LogP contribution >= 0.6 is 0 Å². The first-order valence-corrected chi connectivity index (χ1v) is 12.0. The van der Waals surface area contributed by atoms with Gasteiger partial charge in [0.2, 0.25) is 5.95 Å². The molecule has 11 nitrogen and oxygen atoms in total. The first-order chi connectivity index (χ1) is 17.5. The molecular formula is C25H28N10O. The lowest BCUT2D eigenvalue weighted by atomic mass is 10.0. The minimum atomic E-state index is -0.150. The number of rotatable bonds is 9. The molecule has 36 heavy (non-hydrogen) atoms. The third kappa shape index (κ3) is 4.72. The number of nitrogens with one attached hydrogen (secondary N) is 1. The van der Waals surface area contributed by atoms with Crippen LogP contribution < -0.4 is 5.69 Å². The summed E-state index contributed by atoms with van der Waals surface area (Å²) in [5.74, 6) is 1.54. The molecular weight excluding hydrogens is 456 g/mol. The van der Waals surface area contributed by atoms with Gasteiger partial charge in [0.05, 0.1) is 12.2 Å². The van der Waals surface area contributed by atoms with Crippen molar-refractivity contribution in [3.63, 3.8) is 0 Å². The van der Waals surface area contributed by atoms with Crippen LogP contribution in [0.5, 0.6) is 0 Å². The lowest BCUT2D eigenvalue weighted by Crippen LogP contribution is -2.27. The maximum atomic E-state index is 13.5. The molecule has 0 fully saturated rings. The highest BCUT2D eigenvalue weighted by atomic mass is 16.2. The van der Waals surface area contributed by atoms with E-state index in [0.717, 1.165) is 47.5 Å². The molecule has 0 radical (unpaired) electrons. The number of aryl methyl sites for hydroxylation is 1. The van der Waals surface area contributed by atoms with E-state index in [1.807, 2.05) is 47.2 Å². The normalized spacial score (nSPS) is 11.4. The van der Waals surface area contributed by atoms with Crippen molar-refractivity contribution in [3.05, 3.63) is 77.0 Å². The number of aromatic nitrogens is 10. The molecule has 0 bridgehead atoms. The zero-order valence-electron chi connectivity index (χ0n) is 20.5. The average molecular weight is 485 g/mol. The topological polar surface area (TPSA) is 125 Å². The monoisotopic (exact) mass is 484 g/mol. The zero-order chi connectivity index (χ0) is 25.1. The van der Waals surface area contributed by atoms with Gasteiger partial charge in [0.15, 0.2) is 5.82 Å². The van der Waals surface area contributed by atoms with Crippen LogP contribution in [0.2, 0.25) is 0 Å². The van der Waals surface area contributed by atoms with Crippen molar-refractivity contribution in [3.8, 4) is 28.5 Å². The highest BCUT2D eigenvalue weighted by molar-refractivity contribution is 5.70. The number of hydrogen-bond acceptors (Lipinski definition) is 7. The molecule has 1 N–H and O–H groups in total. The second-order valence-electron chi connectivity index (χ2n) is 9.15. The van der Waals surface area contributed by atoms with E-state index in [-0.39, 0.29) is 5.69 Å². The van der Waals surface area contributed by atoms with Crippen LogP contribution in [-0.4, -0.2) is 49.5 Å². The van der Waals surface area contributed by atoms with Crippen LogP contribution in [0.4, 0.5) is 0 Å². The Hall–Kier alpha value is -4.41. The Morgan fingerprint density at radius 1 is 1.06 bits per heavy atom. The number of H-pyrrole nitrogens is 1. The van der Waals surface area contributed by atoms with E-state index in [1.165, 1.54) is 0 Å². The Labute approximate surface area is 207 Å². The zero-order valence-corrected chi connectivity index (χ0v) is 20.5. The molecule has 0 aliphatic heterocycles. The maximum absolute atomic E-state index is 13.5. The molecule has 0 saturated heterocycles. The molecule has 5 rings (SSSR count). The summed E-state index contributed by atoms with van der Waals surface area (Å²) >= 11 is 0. The molecule has 1 aromatic carbocycles. The first kappa shape index (κ1) is 23.3. The SMILES string of the molecule is CCCc1cn(-c2nncn2CC(C)C)c(=O)n1Cc1cc(-c2cccc(-c3nnn[nH]3)c2)ccn1. The van der Waals surface area contributed by atoms with Gasteiger partial charge in [-0.1, -0.05) is 45.4 Å². The highest BCUT2D eigenvalue weighted by Gasteiger charge is 2.17. The van der Waals surface area contributed by atoms with Gasteiger partial charge in [0.25, 0.3) is 0 Å². The number of imidazole rings is 1. The summed E-state index contributed by atoms with van der Waals surface area (Å²) in [6.07, 6.45) is 7.01. The average Bonchev–Trinajstić information content (AvgIpc) is 3.63. The summed E-state index contributed by atoms with van der Waals surface area (Å²) in [5.41, 5.74) is 4.47. The van der Waals surface area contributed by atoms with Crippen molar-refractivity contribution >= 4 is 0 Å². The van der Waals surface area contributed by atoms with E-state index in [2.05, 4.69) is 56.6 Å². The first-order valence-electron chi connectivity index (χ1n) is 12.0. The van der Waals surface area contributed by atoms with E-state index in [9.17, 15) is 4.79 Å². The maximum Gasteiger partial charge on any atom is 0.335 e. The number of tetrazole rings is 1. The van der Waals surface area contributed by atoms with Gasteiger partial charge in [-0.05, 0) is 52.1 Å². The Bertz CT molecular complexity index is 1510. The van der Waals surface area contributed by atoms with Gasteiger partial charge in [-0.2, -0.15) is 0 Å². The van der Waals surface area contributed by atoms with E-state index in [1.54, 1.807) is 21.7 Å². The van der Waals surface area contributed by atoms with E-state index >= 15 is 0 Å². The minimum absolute atomic E-state index is 0.150. The van der Waals surface area contributed by atoms with Gasteiger partial charge in [-0.15, -0.1) is 15.3 Å². The van der Waals surface area contributed by atoms with Crippen molar-refractivity contribution in [2.24, 2.45) is 5.92 Å². The predicted octanol–water partition coefficient (Wildman–Crippen LogP) is 3.13. The van der Waals surface area contributed by atoms with Crippen molar-refractivity contribution in [1.29, 1.82) is 0 Å². The molecule has 0 spiro atoms. The number of pyridine rings is 1. The van der Waals surface area contributed by atoms with Crippen LogP contribution in [0, 0.1) is 5.92 Å². The number of nitrogens with zero attached hydrogens (tertiary/aromatic N) is 9. The molecule has 0 aliphatic rings. The van der Waals surface area contributed by atoms with E-state index in [4.69, 9.17) is 0 Å². The van der Waals surface area contributed by atoms with Gasteiger partial charge in [-0.25, -0.2) is 14.5 Å². The molecule has 0 aliphatic carbocycles. The van der Waals surface area contributed by atoms with Gasteiger partial charge in [0.1, 0.15) is 6.33 Å². The standard InChI is InChI=1S/C25H28N10O/c1-4-6-22-15-35(24-30-27-16-33(24)13-17(2)3)25(36)34(22)14-21-12-19(9-10-26-21)18-7-5-8-20(11-18)23-28-31-32-29-23/h5,7-12,15-17H,4,6,13-14H2,1-3H3,(H,28,29,31,32). The largest absolute Gasteiger partial charge is 0.335 e. The molecule has 11 heteroatoms. The van der Waals surface area contributed by atoms with Crippen LogP contribution in [0.25, 0.3) is 28.5 Å². The summed E-state index contributed by atoms with van der Waals surface area (Å²) in [6.45, 7) is 7.44. The lowest BCUT2D eigenvalue weighted by Gasteiger charge is -2.09. The van der Waals surface area contributed by atoms with Gasteiger partial charge < -0.3 is 0 Å². The molecule has 5 aromatic rings. The van der Waals surface area contributed by atoms with Crippen molar-refractivity contribution in [1.82, 2.24) is 49.5 Å². The molecule has 184 valence electrons. The predicted molar refractivity (Wildman–Crippen MR) is 134 cm³/mol. The fourth-order valence-corrected chi connectivity index (χ4v) is 4.29. The van der Waals surface area contributed by atoms with Crippen molar-refractivity contribution < 1.29 is 0 Å². The molecule has 0 unspecified atom stereocenters. The number of benzene rings is 1. The van der Waals surface area contributed by atoms with Crippen LogP contribution in [0.1, 0.15) is 38.6 Å². The van der Waals surface area contributed by atoms with Crippen molar-refractivity contribution in [2.45, 2.75) is 46.7 Å². The van der Waals surface area contributed by atoms with Crippen LogP contribution in [-0.2, 0) is 19.5 Å². The Morgan fingerprint density at radius 3 is 2.67 bits per heavy atom. The van der Waals surface area contributed by atoms with Gasteiger partial charge >= 0.3 is 5.69 Å². The Morgan fingerprint density at radius 2 is 1.89 bits per heavy atom. The molecule has 4 aromatic heterocycles. The number of aromatic amines is 1. The van der Waals surface area contributed by atoms with Crippen molar-refractivity contribution in [2.75, 3.05) is 0 Å². The molecule has 0 amide bonds. The summed E-state index contributed by atoms with van der Waals surface area (Å²) in [4.78, 5) is 18.1. The molecule has 4 heterocycles. The van der Waals surface area contributed by atoms with Gasteiger partial charge in [0, 0.05) is 30.2 Å². The van der Waals surface area contributed by atoms with Crippen LogP contribution in [0.15, 0.2) is 59.9 Å². The third-order valence-electron chi connectivity index (χ3n) is 5.89. The van der Waals surface area contributed by atoms with E-state index < -0.39 is 0 Å². The number of hydrogen-bond donors (Lipinski definition) is 1. The molecule has 0 saturated carbocycles. The summed E-state index contributed by atoms with van der Waals surface area (Å²) < 4.78 is 5.29. The second kappa shape index (κ2) is 10.1. The summed E-state index contributed by atoms with van der Waals surface area (Å²) in [7, 11) is 0. The Balaban J connectivity index is 1.48.